The first-order valence-electron chi connectivity index (χ1n) is 6.22. The van der Waals surface area contributed by atoms with E-state index in [1.54, 1.807) is 0 Å². The van der Waals surface area contributed by atoms with E-state index in [0.717, 1.165) is 18.7 Å². The third-order valence-electron chi connectivity index (χ3n) is 2.97. The normalized spacial score (nSPS) is 12.5. The number of hydrogen-bond acceptors (Lipinski definition) is 3. The van der Waals surface area contributed by atoms with Crippen molar-refractivity contribution >= 4 is 0 Å². The number of nitrogens with one attached hydrogen (secondary N) is 1. The molecule has 3 heteroatoms. The third-order valence-corrected chi connectivity index (χ3v) is 2.97. The number of aliphatic hydroxyl groups excluding tert-OH is 1. The highest BCUT2D eigenvalue weighted by molar-refractivity contribution is 5.38. The summed E-state index contributed by atoms with van der Waals surface area (Å²) in [6.45, 7) is 7.88. The number of likely N-dealkylation sites (N-methyl/N-ethyl adjacent to an activating group) is 1. The summed E-state index contributed by atoms with van der Waals surface area (Å²) in [5.74, 6) is 0.936. The average molecular weight is 237 g/mol. The zero-order valence-corrected chi connectivity index (χ0v) is 11.0. The lowest BCUT2D eigenvalue weighted by molar-refractivity contribution is 0.214. The smallest absolute Gasteiger partial charge is 0.122 e. The van der Waals surface area contributed by atoms with Crippen LogP contribution in [0.1, 0.15) is 24.5 Å². The molecular formula is C14H23NO2. The molecule has 1 atom stereocenters. The third kappa shape index (κ3) is 4.36. The lowest BCUT2D eigenvalue weighted by atomic mass is 10.1. The Labute approximate surface area is 104 Å². The van der Waals surface area contributed by atoms with E-state index in [1.807, 2.05) is 12.1 Å². The van der Waals surface area contributed by atoms with Crippen molar-refractivity contribution in [1.29, 1.82) is 0 Å². The van der Waals surface area contributed by atoms with Gasteiger partial charge in [-0.05, 0) is 44.0 Å². The molecule has 0 aromatic heterocycles. The van der Waals surface area contributed by atoms with Crippen LogP contribution in [0.15, 0.2) is 18.2 Å². The second kappa shape index (κ2) is 7.30. The Morgan fingerprint density at radius 3 is 2.76 bits per heavy atom. The van der Waals surface area contributed by atoms with E-state index in [2.05, 4.69) is 32.2 Å². The SMILES string of the molecule is CCNC(CCO)COc1cccc(C)c1C. The Balaban J connectivity index is 2.55. The second-order valence-electron chi connectivity index (χ2n) is 4.28. The van der Waals surface area contributed by atoms with Crippen LogP contribution in [-0.4, -0.2) is 30.9 Å². The zero-order chi connectivity index (χ0) is 12.7. The minimum atomic E-state index is 0.188. The molecule has 17 heavy (non-hydrogen) atoms. The molecule has 1 unspecified atom stereocenters. The van der Waals surface area contributed by atoms with E-state index in [4.69, 9.17) is 9.84 Å². The van der Waals surface area contributed by atoms with Crippen molar-refractivity contribution < 1.29 is 9.84 Å². The highest BCUT2D eigenvalue weighted by Gasteiger charge is 2.08. The van der Waals surface area contributed by atoms with Gasteiger partial charge in [-0.15, -0.1) is 0 Å². The molecule has 0 aliphatic heterocycles. The molecule has 1 aromatic rings. The van der Waals surface area contributed by atoms with Crippen molar-refractivity contribution in [1.82, 2.24) is 5.32 Å². The molecule has 0 heterocycles. The lowest BCUT2D eigenvalue weighted by Crippen LogP contribution is -2.35. The van der Waals surface area contributed by atoms with Gasteiger partial charge in [0, 0.05) is 12.6 Å². The Morgan fingerprint density at radius 2 is 2.12 bits per heavy atom. The Hall–Kier alpha value is -1.06. The summed E-state index contributed by atoms with van der Waals surface area (Å²) in [7, 11) is 0. The number of aliphatic hydroxyl groups is 1. The van der Waals surface area contributed by atoms with Crippen molar-refractivity contribution in [2.75, 3.05) is 19.8 Å². The van der Waals surface area contributed by atoms with Gasteiger partial charge in [0.05, 0.1) is 0 Å². The molecule has 0 spiro atoms. The molecule has 0 radical (unpaired) electrons. The van der Waals surface area contributed by atoms with E-state index in [-0.39, 0.29) is 12.6 Å². The fourth-order valence-electron chi connectivity index (χ4n) is 1.76. The van der Waals surface area contributed by atoms with Crippen LogP contribution < -0.4 is 10.1 Å². The standard InChI is InChI=1S/C14H23NO2/c1-4-15-13(8-9-16)10-17-14-7-5-6-11(2)12(14)3/h5-7,13,15-16H,4,8-10H2,1-3H3. The number of ether oxygens (including phenoxy) is 1. The van der Waals surface area contributed by atoms with Gasteiger partial charge in [0.25, 0.3) is 0 Å². The minimum Gasteiger partial charge on any atom is -0.492 e. The molecule has 1 rings (SSSR count). The van der Waals surface area contributed by atoms with E-state index < -0.39 is 0 Å². The highest BCUT2D eigenvalue weighted by atomic mass is 16.5. The van der Waals surface area contributed by atoms with Crippen molar-refractivity contribution in [2.24, 2.45) is 0 Å². The molecule has 3 nitrogen and oxygen atoms in total. The lowest BCUT2D eigenvalue weighted by Gasteiger charge is -2.18. The van der Waals surface area contributed by atoms with Crippen LogP contribution in [0.4, 0.5) is 0 Å². The van der Waals surface area contributed by atoms with Crippen LogP contribution in [0.25, 0.3) is 0 Å². The van der Waals surface area contributed by atoms with Gasteiger partial charge >= 0.3 is 0 Å². The van der Waals surface area contributed by atoms with Crippen LogP contribution in [0.3, 0.4) is 0 Å². The van der Waals surface area contributed by atoms with Crippen molar-refractivity contribution in [3.05, 3.63) is 29.3 Å². The number of aryl methyl sites for hydroxylation is 1. The van der Waals surface area contributed by atoms with Gasteiger partial charge in [0.15, 0.2) is 0 Å². The van der Waals surface area contributed by atoms with Gasteiger partial charge < -0.3 is 15.2 Å². The first kappa shape index (κ1) is 14.0. The largest absolute Gasteiger partial charge is 0.492 e. The van der Waals surface area contributed by atoms with E-state index in [9.17, 15) is 0 Å². The predicted molar refractivity (Wildman–Crippen MR) is 70.6 cm³/mol. The summed E-state index contributed by atoms with van der Waals surface area (Å²) >= 11 is 0. The first-order valence-corrected chi connectivity index (χ1v) is 6.22. The van der Waals surface area contributed by atoms with Gasteiger partial charge in [0.2, 0.25) is 0 Å². The van der Waals surface area contributed by atoms with Crippen molar-refractivity contribution in [2.45, 2.75) is 33.2 Å². The van der Waals surface area contributed by atoms with Crippen LogP contribution in [-0.2, 0) is 0 Å². The monoisotopic (exact) mass is 237 g/mol. The second-order valence-corrected chi connectivity index (χ2v) is 4.28. The minimum absolute atomic E-state index is 0.188. The molecular weight excluding hydrogens is 214 g/mol. The summed E-state index contributed by atoms with van der Waals surface area (Å²) in [6, 6.07) is 6.29. The molecule has 0 fully saturated rings. The van der Waals surface area contributed by atoms with Crippen LogP contribution in [0.2, 0.25) is 0 Å². The maximum Gasteiger partial charge on any atom is 0.122 e. The van der Waals surface area contributed by atoms with Crippen molar-refractivity contribution in [3.8, 4) is 5.75 Å². The fraction of sp³-hybridized carbons (Fsp3) is 0.571. The molecule has 0 bridgehead atoms. The summed E-state index contributed by atoms with van der Waals surface area (Å²) in [5.41, 5.74) is 2.43. The van der Waals surface area contributed by atoms with Crippen LogP contribution in [0.5, 0.6) is 5.75 Å². The van der Waals surface area contributed by atoms with Gasteiger partial charge in [0.1, 0.15) is 12.4 Å². The molecule has 0 saturated heterocycles. The quantitative estimate of drug-likeness (QED) is 0.762. The molecule has 0 amide bonds. The Kier molecular flexibility index (Phi) is 6.01. The predicted octanol–water partition coefficient (Wildman–Crippen LogP) is 2.04. The molecule has 0 aliphatic rings. The highest BCUT2D eigenvalue weighted by Crippen LogP contribution is 2.20. The summed E-state index contributed by atoms with van der Waals surface area (Å²) < 4.78 is 5.81. The van der Waals surface area contributed by atoms with Gasteiger partial charge in [-0.25, -0.2) is 0 Å². The summed E-state index contributed by atoms with van der Waals surface area (Å²) in [4.78, 5) is 0. The fourth-order valence-corrected chi connectivity index (χ4v) is 1.76. The van der Waals surface area contributed by atoms with Gasteiger partial charge in [-0.3, -0.25) is 0 Å². The molecule has 1 aromatic carbocycles. The Morgan fingerprint density at radius 1 is 1.35 bits per heavy atom. The maximum atomic E-state index is 8.96. The van der Waals surface area contributed by atoms with Gasteiger partial charge in [-0.2, -0.15) is 0 Å². The first-order chi connectivity index (χ1) is 8.19. The molecule has 96 valence electrons. The van der Waals surface area contributed by atoms with Crippen LogP contribution in [0, 0.1) is 13.8 Å². The number of hydrogen-bond donors (Lipinski definition) is 2. The number of rotatable bonds is 7. The van der Waals surface area contributed by atoms with Gasteiger partial charge in [-0.1, -0.05) is 19.1 Å². The number of benzene rings is 1. The van der Waals surface area contributed by atoms with E-state index in [1.165, 1.54) is 11.1 Å². The topological polar surface area (TPSA) is 41.5 Å². The molecule has 2 N–H and O–H groups in total. The summed E-state index contributed by atoms with van der Waals surface area (Å²) in [6.07, 6.45) is 0.721. The molecule has 0 saturated carbocycles. The van der Waals surface area contributed by atoms with Crippen molar-refractivity contribution in [3.63, 3.8) is 0 Å². The van der Waals surface area contributed by atoms with Crippen LogP contribution >= 0.6 is 0 Å². The Bertz CT molecular complexity index is 333. The maximum absolute atomic E-state index is 8.96. The van der Waals surface area contributed by atoms with E-state index >= 15 is 0 Å². The summed E-state index contributed by atoms with van der Waals surface area (Å²) in [5, 5.41) is 12.3. The average Bonchev–Trinajstić information content (AvgIpc) is 2.31. The van der Waals surface area contributed by atoms with E-state index in [0.29, 0.717) is 6.61 Å². The molecule has 0 aliphatic carbocycles. The zero-order valence-electron chi connectivity index (χ0n) is 11.0.